The Labute approximate surface area is 177 Å². The summed E-state index contributed by atoms with van der Waals surface area (Å²) < 4.78 is 10.3. The summed E-state index contributed by atoms with van der Waals surface area (Å²) in [4.78, 5) is 36.4. The molecule has 1 amide bonds. The monoisotopic (exact) mass is 421 g/mol. The molecule has 8 heteroatoms. The van der Waals surface area contributed by atoms with E-state index in [1.54, 1.807) is 36.4 Å². The standard InChI is InChI=1S/C23H19NO7/c1-30-19-11-17(23(28)29)18(12-20(19)31-2)24-21(25)15-9-5-3-7-13(15)14-8-4-6-10-16(14)22(26)27/h3-12H,1-2H3,(H,24,25)(H,26,27)(H,28,29). The van der Waals surface area contributed by atoms with Crippen molar-refractivity contribution in [1.82, 2.24) is 0 Å². The number of methoxy groups -OCH3 is 2. The fraction of sp³-hybridized carbons (Fsp3) is 0.0870. The predicted molar refractivity (Wildman–Crippen MR) is 113 cm³/mol. The summed E-state index contributed by atoms with van der Waals surface area (Å²) in [5, 5.41) is 21.6. The van der Waals surface area contributed by atoms with Gasteiger partial charge in [-0.2, -0.15) is 0 Å². The third kappa shape index (κ3) is 4.32. The molecule has 0 fully saturated rings. The van der Waals surface area contributed by atoms with Crippen LogP contribution >= 0.6 is 0 Å². The first-order chi connectivity index (χ1) is 14.9. The lowest BCUT2D eigenvalue weighted by atomic mass is 9.95. The quantitative estimate of drug-likeness (QED) is 0.527. The van der Waals surface area contributed by atoms with Gasteiger partial charge in [0.2, 0.25) is 0 Å². The van der Waals surface area contributed by atoms with Crippen molar-refractivity contribution < 1.29 is 34.1 Å². The molecule has 0 aromatic heterocycles. The van der Waals surface area contributed by atoms with Crippen LogP contribution in [0.2, 0.25) is 0 Å². The number of hydrogen-bond donors (Lipinski definition) is 3. The van der Waals surface area contributed by atoms with Crippen molar-refractivity contribution in [3.63, 3.8) is 0 Å². The highest BCUT2D eigenvalue weighted by Gasteiger charge is 2.21. The van der Waals surface area contributed by atoms with E-state index in [0.717, 1.165) is 0 Å². The number of ether oxygens (including phenoxy) is 2. The first-order valence-electron chi connectivity index (χ1n) is 9.09. The van der Waals surface area contributed by atoms with Crippen molar-refractivity contribution in [3.05, 3.63) is 77.4 Å². The maximum atomic E-state index is 13.1. The Morgan fingerprint density at radius 2 is 1.19 bits per heavy atom. The Bertz CT molecular complexity index is 1170. The van der Waals surface area contributed by atoms with E-state index in [1.807, 2.05) is 0 Å². The molecule has 158 valence electrons. The third-order valence-corrected chi connectivity index (χ3v) is 4.62. The van der Waals surface area contributed by atoms with Crippen LogP contribution < -0.4 is 14.8 Å². The van der Waals surface area contributed by atoms with Crippen LogP contribution in [0.1, 0.15) is 31.1 Å². The summed E-state index contributed by atoms with van der Waals surface area (Å²) in [6.45, 7) is 0. The molecule has 0 aliphatic carbocycles. The number of hydrogen-bond acceptors (Lipinski definition) is 5. The molecule has 0 unspecified atom stereocenters. The van der Waals surface area contributed by atoms with Gasteiger partial charge in [0.05, 0.1) is 31.0 Å². The molecule has 0 heterocycles. The minimum atomic E-state index is -1.26. The molecule has 3 rings (SSSR count). The maximum absolute atomic E-state index is 13.1. The SMILES string of the molecule is COc1cc(NC(=O)c2ccccc2-c2ccccc2C(=O)O)c(C(=O)O)cc1OC. The van der Waals surface area contributed by atoms with E-state index in [2.05, 4.69) is 5.32 Å². The third-order valence-electron chi connectivity index (χ3n) is 4.62. The van der Waals surface area contributed by atoms with Gasteiger partial charge in [-0.05, 0) is 23.3 Å². The number of anilines is 1. The molecule has 0 aliphatic heterocycles. The molecule has 0 atom stereocenters. The number of benzene rings is 3. The average Bonchev–Trinajstić information content (AvgIpc) is 2.78. The van der Waals surface area contributed by atoms with E-state index in [-0.39, 0.29) is 33.9 Å². The van der Waals surface area contributed by atoms with E-state index >= 15 is 0 Å². The van der Waals surface area contributed by atoms with Crippen LogP contribution in [0, 0.1) is 0 Å². The summed E-state index contributed by atoms with van der Waals surface area (Å²) >= 11 is 0. The van der Waals surface area contributed by atoms with Gasteiger partial charge >= 0.3 is 11.9 Å². The molecule has 3 aromatic carbocycles. The van der Waals surface area contributed by atoms with E-state index in [4.69, 9.17) is 9.47 Å². The molecule has 0 saturated heterocycles. The van der Waals surface area contributed by atoms with E-state index in [9.17, 15) is 24.6 Å². The number of carbonyl (C=O) groups excluding carboxylic acids is 1. The zero-order valence-corrected chi connectivity index (χ0v) is 16.7. The molecule has 3 aromatic rings. The molecule has 0 aliphatic rings. The van der Waals surface area contributed by atoms with Gasteiger partial charge in [-0.25, -0.2) is 9.59 Å². The first-order valence-corrected chi connectivity index (χ1v) is 9.09. The molecule has 0 saturated carbocycles. The van der Waals surface area contributed by atoms with Crippen molar-refractivity contribution in [2.75, 3.05) is 19.5 Å². The van der Waals surface area contributed by atoms with Crippen molar-refractivity contribution >= 4 is 23.5 Å². The highest BCUT2D eigenvalue weighted by molar-refractivity contribution is 6.12. The van der Waals surface area contributed by atoms with Crippen LogP contribution in [0.4, 0.5) is 5.69 Å². The Hall–Kier alpha value is -4.33. The van der Waals surface area contributed by atoms with Crippen LogP contribution in [-0.4, -0.2) is 42.3 Å². The largest absolute Gasteiger partial charge is 0.493 e. The van der Waals surface area contributed by atoms with Gasteiger partial charge in [-0.15, -0.1) is 0 Å². The van der Waals surface area contributed by atoms with Crippen molar-refractivity contribution in [2.45, 2.75) is 0 Å². The van der Waals surface area contributed by atoms with E-state index in [0.29, 0.717) is 11.1 Å². The number of nitrogens with one attached hydrogen (secondary N) is 1. The summed E-state index contributed by atoms with van der Waals surface area (Å²) in [6.07, 6.45) is 0. The minimum absolute atomic E-state index is 0.0106. The topological polar surface area (TPSA) is 122 Å². The van der Waals surface area contributed by atoms with Gasteiger partial charge in [-0.3, -0.25) is 4.79 Å². The minimum Gasteiger partial charge on any atom is -0.493 e. The molecular formula is C23H19NO7. The molecule has 8 nitrogen and oxygen atoms in total. The summed E-state index contributed by atoms with van der Waals surface area (Å²) in [5.74, 6) is -2.55. The molecule has 3 N–H and O–H groups in total. The van der Waals surface area contributed by atoms with Crippen molar-refractivity contribution in [3.8, 4) is 22.6 Å². The molecule has 0 radical (unpaired) electrons. The Kier molecular flexibility index (Phi) is 6.21. The molecular weight excluding hydrogens is 402 g/mol. The van der Waals surface area contributed by atoms with Crippen molar-refractivity contribution in [1.29, 1.82) is 0 Å². The lowest BCUT2D eigenvalue weighted by Crippen LogP contribution is -2.16. The van der Waals surface area contributed by atoms with E-state index in [1.165, 1.54) is 38.5 Å². The number of carboxylic acids is 2. The van der Waals surface area contributed by atoms with Crippen LogP contribution in [-0.2, 0) is 0 Å². The molecule has 0 bridgehead atoms. The van der Waals surface area contributed by atoms with Crippen LogP contribution in [0.5, 0.6) is 11.5 Å². The van der Waals surface area contributed by atoms with Gasteiger partial charge in [0, 0.05) is 17.7 Å². The van der Waals surface area contributed by atoms with Gasteiger partial charge in [0.15, 0.2) is 11.5 Å². The van der Waals surface area contributed by atoms with E-state index < -0.39 is 17.8 Å². The van der Waals surface area contributed by atoms with Crippen LogP contribution in [0.3, 0.4) is 0 Å². The lowest BCUT2D eigenvalue weighted by Gasteiger charge is -2.15. The predicted octanol–water partition coefficient (Wildman–Crippen LogP) is 4.02. The lowest BCUT2D eigenvalue weighted by molar-refractivity contribution is 0.0686. The zero-order valence-electron chi connectivity index (χ0n) is 16.7. The summed E-state index contributed by atoms with van der Waals surface area (Å²) in [7, 11) is 2.76. The maximum Gasteiger partial charge on any atom is 0.337 e. The van der Waals surface area contributed by atoms with Gasteiger partial charge < -0.3 is 25.0 Å². The van der Waals surface area contributed by atoms with Gasteiger partial charge in [-0.1, -0.05) is 36.4 Å². The number of carboxylic acid groups (broad SMARTS) is 2. The Balaban J connectivity index is 2.08. The van der Waals surface area contributed by atoms with Crippen LogP contribution in [0.15, 0.2) is 60.7 Å². The van der Waals surface area contributed by atoms with Crippen molar-refractivity contribution in [2.24, 2.45) is 0 Å². The number of amides is 1. The normalized spacial score (nSPS) is 10.3. The second kappa shape index (κ2) is 9.00. The summed E-state index contributed by atoms with van der Waals surface area (Å²) in [6, 6.07) is 15.4. The smallest absolute Gasteiger partial charge is 0.337 e. The number of aromatic carboxylic acids is 2. The molecule has 31 heavy (non-hydrogen) atoms. The number of carbonyl (C=O) groups is 3. The second-order valence-corrected chi connectivity index (χ2v) is 6.41. The number of rotatable bonds is 7. The second-order valence-electron chi connectivity index (χ2n) is 6.41. The zero-order chi connectivity index (χ0) is 22.5. The van der Waals surface area contributed by atoms with Crippen LogP contribution in [0.25, 0.3) is 11.1 Å². The fourth-order valence-corrected chi connectivity index (χ4v) is 3.17. The Morgan fingerprint density at radius 3 is 1.74 bits per heavy atom. The fourth-order valence-electron chi connectivity index (χ4n) is 3.17. The first kappa shape index (κ1) is 21.4. The summed E-state index contributed by atoms with van der Waals surface area (Å²) in [5.41, 5.74) is 0.815. The van der Waals surface area contributed by atoms with Gasteiger partial charge in [0.25, 0.3) is 5.91 Å². The average molecular weight is 421 g/mol. The highest BCUT2D eigenvalue weighted by Crippen LogP contribution is 2.34. The Morgan fingerprint density at radius 1 is 0.710 bits per heavy atom. The highest BCUT2D eigenvalue weighted by atomic mass is 16.5. The van der Waals surface area contributed by atoms with Gasteiger partial charge in [0.1, 0.15) is 0 Å². The molecule has 0 spiro atoms.